The summed E-state index contributed by atoms with van der Waals surface area (Å²) in [7, 11) is -1.26. The lowest BCUT2D eigenvalue weighted by atomic mass is 10.1. The van der Waals surface area contributed by atoms with Crippen LogP contribution in [0.2, 0.25) is 0 Å². The lowest BCUT2D eigenvalue weighted by molar-refractivity contribution is -0.112. The van der Waals surface area contributed by atoms with Gasteiger partial charge in [0.1, 0.15) is 0 Å². The first-order valence-corrected chi connectivity index (χ1v) is 8.65. The Kier molecular flexibility index (Phi) is 6.28. The van der Waals surface area contributed by atoms with Crippen molar-refractivity contribution in [1.82, 2.24) is 0 Å². The van der Waals surface area contributed by atoms with Crippen molar-refractivity contribution in [2.75, 3.05) is 5.75 Å². The predicted molar refractivity (Wildman–Crippen MR) is 91.4 cm³/mol. The maximum atomic E-state index is 12.1. The molecule has 2 aromatic rings. The molecule has 0 aliphatic carbocycles. The molecule has 0 aromatic heterocycles. The van der Waals surface area contributed by atoms with E-state index < -0.39 is 10.8 Å². The van der Waals surface area contributed by atoms with E-state index >= 15 is 0 Å². The molecule has 0 radical (unpaired) electrons. The third-order valence-electron chi connectivity index (χ3n) is 3.30. The molecule has 2 aromatic carbocycles. The van der Waals surface area contributed by atoms with E-state index in [4.69, 9.17) is 0 Å². The number of rotatable bonds is 7. The van der Waals surface area contributed by atoms with Gasteiger partial charge < -0.3 is 0 Å². The van der Waals surface area contributed by atoms with Gasteiger partial charge in [-0.05, 0) is 43.5 Å². The first kappa shape index (κ1) is 16.4. The van der Waals surface area contributed by atoms with E-state index in [0.29, 0.717) is 4.90 Å². The molecule has 0 bridgehead atoms. The number of ketones is 1. The average Bonchev–Trinajstić information content (AvgIpc) is 2.53. The Labute approximate surface area is 134 Å². The quantitative estimate of drug-likeness (QED) is 0.728. The molecule has 0 heterocycles. The average molecular weight is 312 g/mol. The second-order valence-corrected chi connectivity index (χ2v) is 6.65. The normalized spacial score (nSPS) is 12.4. The van der Waals surface area contributed by atoms with E-state index in [1.165, 1.54) is 5.56 Å². The topological polar surface area (TPSA) is 34.1 Å². The number of hydrogen-bond donors (Lipinski definition) is 0. The Morgan fingerprint density at radius 1 is 1.05 bits per heavy atom. The van der Waals surface area contributed by atoms with Crippen LogP contribution in [0.3, 0.4) is 0 Å². The lowest BCUT2D eigenvalue weighted by Crippen LogP contribution is -2.07. The van der Waals surface area contributed by atoms with Gasteiger partial charge >= 0.3 is 0 Å². The Bertz CT molecular complexity index is 658. The zero-order valence-corrected chi connectivity index (χ0v) is 13.5. The minimum atomic E-state index is -1.26. The highest BCUT2D eigenvalue weighted by molar-refractivity contribution is 7.85. The molecule has 22 heavy (non-hydrogen) atoms. The van der Waals surface area contributed by atoms with Gasteiger partial charge in [-0.2, -0.15) is 0 Å². The Hall–Kier alpha value is -2.00. The molecule has 0 amide bonds. The van der Waals surface area contributed by atoms with Gasteiger partial charge in [-0.25, -0.2) is 0 Å². The molecule has 1 atom stereocenters. The summed E-state index contributed by atoms with van der Waals surface area (Å²) in [4.78, 5) is 12.5. The first-order chi connectivity index (χ1) is 10.6. The van der Waals surface area contributed by atoms with Gasteiger partial charge in [0.15, 0.2) is 5.78 Å². The van der Waals surface area contributed by atoms with E-state index in [0.717, 1.165) is 18.4 Å². The third-order valence-corrected chi connectivity index (χ3v) is 4.65. The summed E-state index contributed by atoms with van der Waals surface area (Å²) in [6, 6.07) is 17.6. The number of allylic oxidation sites excluding steroid dienone is 2. The van der Waals surface area contributed by atoms with Crippen LogP contribution >= 0.6 is 0 Å². The molecule has 2 rings (SSSR count). The van der Waals surface area contributed by atoms with Crippen molar-refractivity contribution in [1.29, 1.82) is 0 Å². The van der Waals surface area contributed by atoms with Gasteiger partial charge in [0.05, 0.1) is 16.6 Å². The lowest BCUT2D eigenvalue weighted by Gasteiger charge is -2.00. The standard InChI is InChI=1S/C19H20O2S/c1-16-11-13-19(14-12-16)22(21)15-18(20)10-6-5-9-17-7-3-2-4-8-17/h2-4,6-8,10-14H,5,9,15H2,1H3/b10-6+/t22-/m0/s1. The van der Waals surface area contributed by atoms with Crippen LogP contribution in [0.5, 0.6) is 0 Å². The third kappa shape index (κ3) is 5.41. The Morgan fingerprint density at radius 2 is 1.73 bits per heavy atom. The van der Waals surface area contributed by atoms with Gasteiger partial charge in [0, 0.05) is 4.90 Å². The number of benzene rings is 2. The summed E-state index contributed by atoms with van der Waals surface area (Å²) >= 11 is 0. The molecule has 0 saturated carbocycles. The summed E-state index contributed by atoms with van der Waals surface area (Å²) in [6.07, 6.45) is 5.13. The van der Waals surface area contributed by atoms with Crippen molar-refractivity contribution in [3.05, 3.63) is 77.9 Å². The zero-order valence-electron chi connectivity index (χ0n) is 12.7. The fourth-order valence-corrected chi connectivity index (χ4v) is 3.02. The van der Waals surface area contributed by atoms with Gasteiger partial charge in [-0.15, -0.1) is 0 Å². The Balaban J connectivity index is 1.78. The molecule has 0 N–H and O–H groups in total. The van der Waals surface area contributed by atoms with Gasteiger partial charge in [-0.1, -0.05) is 54.1 Å². The predicted octanol–water partition coefficient (Wildman–Crippen LogP) is 3.86. The number of hydrogen-bond acceptors (Lipinski definition) is 2. The molecule has 0 aliphatic rings. The zero-order chi connectivity index (χ0) is 15.8. The van der Waals surface area contributed by atoms with Gasteiger partial charge in [-0.3, -0.25) is 9.00 Å². The summed E-state index contributed by atoms with van der Waals surface area (Å²) < 4.78 is 12.1. The number of carbonyl (C=O) groups is 1. The molecule has 3 heteroatoms. The Morgan fingerprint density at radius 3 is 2.41 bits per heavy atom. The number of carbonyl (C=O) groups excluding carboxylic acids is 1. The minimum absolute atomic E-state index is 0.0465. The summed E-state index contributed by atoms with van der Waals surface area (Å²) in [6.45, 7) is 1.98. The monoisotopic (exact) mass is 312 g/mol. The van der Waals surface area contributed by atoms with Crippen molar-refractivity contribution in [3.63, 3.8) is 0 Å². The summed E-state index contributed by atoms with van der Waals surface area (Å²) in [5, 5.41) is 0. The van der Waals surface area contributed by atoms with Gasteiger partial charge in [0.2, 0.25) is 0 Å². The fourth-order valence-electron chi connectivity index (χ4n) is 2.06. The van der Waals surface area contributed by atoms with Crippen molar-refractivity contribution in [2.24, 2.45) is 0 Å². The molecule has 114 valence electrons. The molecular weight excluding hydrogens is 292 g/mol. The molecule has 0 fully saturated rings. The first-order valence-electron chi connectivity index (χ1n) is 7.33. The van der Waals surface area contributed by atoms with Crippen molar-refractivity contribution in [2.45, 2.75) is 24.7 Å². The van der Waals surface area contributed by atoms with Crippen LogP contribution in [0.15, 0.2) is 71.6 Å². The number of aryl methyl sites for hydroxylation is 2. The van der Waals surface area contributed by atoms with Crippen molar-refractivity contribution < 1.29 is 9.00 Å². The minimum Gasteiger partial charge on any atom is -0.294 e. The maximum Gasteiger partial charge on any atom is 0.168 e. The van der Waals surface area contributed by atoms with Gasteiger partial charge in [0.25, 0.3) is 0 Å². The van der Waals surface area contributed by atoms with E-state index in [9.17, 15) is 9.00 Å². The maximum absolute atomic E-state index is 12.1. The SMILES string of the molecule is Cc1ccc([S@@](=O)CC(=O)/C=C/CCc2ccccc2)cc1. The summed E-state index contributed by atoms with van der Waals surface area (Å²) in [5.41, 5.74) is 2.37. The van der Waals surface area contributed by atoms with E-state index in [-0.39, 0.29) is 11.5 Å². The molecule has 2 nitrogen and oxygen atoms in total. The van der Waals surface area contributed by atoms with Crippen LogP contribution in [0.25, 0.3) is 0 Å². The molecule has 0 saturated heterocycles. The highest BCUT2D eigenvalue weighted by Crippen LogP contribution is 2.09. The van der Waals surface area contributed by atoms with Crippen LogP contribution in [0, 0.1) is 6.92 Å². The molecular formula is C19H20O2S. The van der Waals surface area contributed by atoms with Crippen LogP contribution < -0.4 is 0 Å². The second-order valence-electron chi connectivity index (χ2n) is 5.20. The molecule has 0 aliphatic heterocycles. The summed E-state index contributed by atoms with van der Waals surface area (Å²) in [5.74, 6) is -0.0442. The molecule has 0 spiro atoms. The van der Waals surface area contributed by atoms with Crippen LogP contribution in [-0.4, -0.2) is 15.7 Å². The van der Waals surface area contributed by atoms with Crippen LogP contribution in [0.4, 0.5) is 0 Å². The molecule has 0 unspecified atom stereocenters. The van der Waals surface area contributed by atoms with Crippen LogP contribution in [-0.2, 0) is 22.0 Å². The second kappa shape index (κ2) is 8.44. The van der Waals surface area contributed by atoms with Crippen LogP contribution in [0.1, 0.15) is 17.5 Å². The van der Waals surface area contributed by atoms with Crippen molar-refractivity contribution >= 4 is 16.6 Å². The van der Waals surface area contributed by atoms with E-state index in [1.807, 2.05) is 55.5 Å². The highest BCUT2D eigenvalue weighted by Gasteiger charge is 2.07. The fraction of sp³-hybridized carbons (Fsp3) is 0.211. The highest BCUT2D eigenvalue weighted by atomic mass is 32.2. The largest absolute Gasteiger partial charge is 0.294 e. The van der Waals surface area contributed by atoms with E-state index in [1.54, 1.807) is 6.08 Å². The van der Waals surface area contributed by atoms with E-state index in [2.05, 4.69) is 12.1 Å². The van der Waals surface area contributed by atoms with Crippen molar-refractivity contribution in [3.8, 4) is 0 Å². The smallest absolute Gasteiger partial charge is 0.168 e.